The molecule has 0 aliphatic carbocycles. The van der Waals surface area contributed by atoms with Crippen molar-refractivity contribution in [1.29, 1.82) is 0 Å². The third kappa shape index (κ3) is 7.08. The fourth-order valence-corrected chi connectivity index (χ4v) is 5.65. The van der Waals surface area contributed by atoms with E-state index in [1.165, 1.54) is 37.3 Å². The van der Waals surface area contributed by atoms with Crippen LogP contribution in [0.25, 0.3) is 0 Å². The van der Waals surface area contributed by atoms with Gasteiger partial charge in [-0.25, -0.2) is 8.42 Å². The Morgan fingerprint density at radius 1 is 0.872 bits per heavy atom. The van der Waals surface area contributed by atoms with Gasteiger partial charge >= 0.3 is 0 Å². The van der Waals surface area contributed by atoms with Gasteiger partial charge in [-0.3, -0.25) is 13.9 Å². The Morgan fingerprint density at radius 2 is 1.49 bits per heavy atom. The summed E-state index contributed by atoms with van der Waals surface area (Å²) in [6.45, 7) is 3.63. The number of methoxy groups -OCH3 is 2. The number of nitrogens with one attached hydrogen (secondary N) is 1. The fraction of sp³-hybridized carbons (Fsp3) is 0.310. The van der Waals surface area contributed by atoms with Gasteiger partial charge in [-0.1, -0.05) is 55.5 Å². The molecule has 0 aliphatic heterocycles. The molecule has 3 rings (SSSR count). The van der Waals surface area contributed by atoms with Crippen LogP contribution in [0.3, 0.4) is 0 Å². The van der Waals surface area contributed by atoms with Crippen molar-refractivity contribution < 1.29 is 27.5 Å². The molecule has 10 heteroatoms. The number of hydrogen-bond donors (Lipinski definition) is 1. The van der Waals surface area contributed by atoms with Gasteiger partial charge in [0.2, 0.25) is 11.8 Å². The van der Waals surface area contributed by atoms with Crippen molar-refractivity contribution in [3.8, 4) is 11.5 Å². The standard InChI is InChI=1S/C29H35N3O6S/c1-5-25(29(34)30-6-2)31(20-22-13-9-7-10-14-22)28(33)21-32(39(35,36)24-15-11-8-12-16-24)23-17-18-26(37-3)27(19-23)38-4/h7-19,25H,5-6,20-21H2,1-4H3,(H,30,34)/t25-/m0/s1. The van der Waals surface area contributed by atoms with E-state index in [0.29, 0.717) is 24.5 Å². The molecule has 0 spiro atoms. The Kier molecular flexibility index (Phi) is 10.3. The zero-order valence-electron chi connectivity index (χ0n) is 22.7. The molecule has 9 nitrogen and oxygen atoms in total. The van der Waals surface area contributed by atoms with Gasteiger partial charge in [-0.15, -0.1) is 0 Å². The number of hydrogen-bond acceptors (Lipinski definition) is 6. The summed E-state index contributed by atoms with van der Waals surface area (Å²) in [6.07, 6.45) is 0.353. The molecule has 0 radical (unpaired) electrons. The maximum absolute atomic E-state index is 14.0. The summed E-state index contributed by atoms with van der Waals surface area (Å²) in [7, 11) is -1.25. The molecule has 0 aromatic heterocycles. The van der Waals surface area contributed by atoms with E-state index in [4.69, 9.17) is 9.47 Å². The van der Waals surface area contributed by atoms with Gasteiger partial charge in [0.25, 0.3) is 10.0 Å². The Balaban J connectivity index is 2.09. The van der Waals surface area contributed by atoms with Crippen LogP contribution in [0.5, 0.6) is 11.5 Å². The zero-order chi connectivity index (χ0) is 28.4. The molecule has 0 bridgehead atoms. The highest BCUT2D eigenvalue weighted by molar-refractivity contribution is 7.92. The van der Waals surface area contributed by atoms with E-state index in [0.717, 1.165) is 9.87 Å². The predicted octanol–water partition coefficient (Wildman–Crippen LogP) is 3.84. The van der Waals surface area contributed by atoms with Crippen molar-refractivity contribution in [2.24, 2.45) is 0 Å². The highest BCUT2D eigenvalue weighted by Gasteiger charge is 2.33. The number of nitrogens with zero attached hydrogens (tertiary/aromatic N) is 2. The highest BCUT2D eigenvalue weighted by atomic mass is 32.2. The van der Waals surface area contributed by atoms with Crippen molar-refractivity contribution in [3.63, 3.8) is 0 Å². The average Bonchev–Trinajstić information content (AvgIpc) is 2.96. The number of anilines is 1. The lowest BCUT2D eigenvalue weighted by Gasteiger charge is -2.33. The van der Waals surface area contributed by atoms with Crippen molar-refractivity contribution in [2.75, 3.05) is 31.6 Å². The van der Waals surface area contributed by atoms with E-state index in [-0.39, 0.29) is 23.0 Å². The number of likely N-dealkylation sites (N-methyl/N-ethyl adjacent to an activating group) is 1. The largest absolute Gasteiger partial charge is 0.493 e. The molecule has 39 heavy (non-hydrogen) atoms. The minimum absolute atomic E-state index is 0.0259. The van der Waals surface area contributed by atoms with Crippen LogP contribution in [0, 0.1) is 0 Å². The SMILES string of the molecule is CCNC(=O)[C@H](CC)N(Cc1ccccc1)C(=O)CN(c1ccc(OC)c(OC)c1)S(=O)(=O)c1ccccc1. The summed E-state index contributed by atoms with van der Waals surface area (Å²) in [5.74, 6) is -0.0951. The summed E-state index contributed by atoms with van der Waals surface area (Å²) in [4.78, 5) is 28.4. The van der Waals surface area contributed by atoms with E-state index in [1.54, 1.807) is 37.3 Å². The lowest BCUT2D eigenvalue weighted by molar-refractivity contribution is -0.140. The number of carbonyl (C=O) groups excluding carboxylic acids is 2. The van der Waals surface area contributed by atoms with Crippen LogP contribution < -0.4 is 19.1 Å². The van der Waals surface area contributed by atoms with Gasteiger partial charge in [0.1, 0.15) is 12.6 Å². The second-order valence-electron chi connectivity index (χ2n) is 8.69. The van der Waals surface area contributed by atoms with Crippen LogP contribution in [-0.4, -0.2) is 58.5 Å². The lowest BCUT2D eigenvalue weighted by atomic mass is 10.1. The Morgan fingerprint density at radius 3 is 2.05 bits per heavy atom. The quantitative estimate of drug-likeness (QED) is 0.345. The fourth-order valence-electron chi connectivity index (χ4n) is 4.22. The highest BCUT2D eigenvalue weighted by Crippen LogP contribution is 2.34. The minimum atomic E-state index is -4.17. The van der Waals surface area contributed by atoms with Gasteiger partial charge < -0.3 is 19.7 Å². The summed E-state index contributed by atoms with van der Waals surface area (Å²) >= 11 is 0. The van der Waals surface area contributed by atoms with Crippen molar-refractivity contribution in [3.05, 3.63) is 84.4 Å². The third-order valence-electron chi connectivity index (χ3n) is 6.20. The lowest BCUT2D eigenvalue weighted by Crippen LogP contribution is -2.52. The van der Waals surface area contributed by atoms with Gasteiger partial charge in [-0.2, -0.15) is 0 Å². The molecule has 2 amide bonds. The molecule has 0 saturated carbocycles. The number of carbonyl (C=O) groups is 2. The van der Waals surface area contributed by atoms with E-state index in [9.17, 15) is 18.0 Å². The first-order chi connectivity index (χ1) is 18.8. The molecule has 3 aromatic carbocycles. The maximum Gasteiger partial charge on any atom is 0.264 e. The Hall–Kier alpha value is -4.05. The van der Waals surface area contributed by atoms with E-state index in [2.05, 4.69) is 5.32 Å². The number of benzene rings is 3. The summed E-state index contributed by atoms with van der Waals surface area (Å²) in [5, 5.41) is 2.79. The normalized spacial score (nSPS) is 11.8. The number of rotatable bonds is 13. The molecule has 208 valence electrons. The van der Waals surface area contributed by atoms with Gasteiger partial charge in [-0.05, 0) is 43.2 Å². The molecule has 1 N–H and O–H groups in total. The molecule has 1 atom stereocenters. The van der Waals surface area contributed by atoms with Gasteiger partial charge in [0.15, 0.2) is 11.5 Å². The van der Waals surface area contributed by atoms with Crippen LogP contribution in [0.15, 0.2) is 83.8 Å². The molecule has 0 unspecified atom stereocenters. The summed E-state index contributed by atoms with van der Waals surface area (Å²) in [6, 6.07) is 21.0. The molecule has 0 heterocycles. The number of amides is 2. The second-order valence-corrected chi connectivity index (χ2v) is 10.6. The van der Waals surface area contributed by atoms with E-state index >= 15 is 0 Å². The minimum Gasteiger partial charge on any atom is -0.493 e. The average molecular weight is 554 g/mol. The van der Waals surface area contributed by atoms with Crippen LogP contribution in [-0.2, 0) is 26.2 Å². The summed E-state index contributed by atoms with van der Waals surface area (Å²) in [5.41, 5.74) is 1.03. The predicted molar refractivity (Wildman–Crippen MR) is 150 cm³/mol. The first-order valence-corrected chi connectivity index (χ1v) is 14.1. The smallest absolute Gasteiger partial charge is 0.264 e. The molecule has 0 aliphatic rings. The first kappa shape index (κ1) is 29.5. The van der Waals surface area contributed by atoms with E-state index in [1.807, 2.05) is 37.3 Å². The molecule has 0 fully saturated rings. The Labute approximate surface area is 230 Å². The number of sulfonamides is 1. The topological polar surface area (TPSA) is 105 Å². The molecule has 3 aromatic rings. The van der Waals surface area contributed by atoms with Crippen molar-refractivity contribution in [2.45, 2.75) is 37.8 Å². The second kappa shape index (κ2) is 13.7. The van der Waals surface area contributed by atoms with E-state index < -0.39 is 28.5 Å². The molecular weight excluding hydrogens is 518 g/mol. The first-order valence-electron chi connectivity index (χ1n) is 12.7. The maximum atomic E-state index is 14.0. The number of ether oxygens (including phenoxy) is 2. The monoisotopic (exact) mass is 553 g/mol. The van der Waals surface area contributed by atoms with Gasteiger partial charge in [0.05, 0.1) is 24.8 Å². The van der Waals surface area contributed by atoms with Gasteiger partial charge in [0, 0.05) is 19.2 Å². The van der Waals surface area contributed by atoms with Crippen LogP contribution in [0.4, 0.5) is 5.69 Å². The van der Waals surface area contributed by atoms with Crippen molar-refractivity contribution in [1.82, 2.24) is 10.2 Å². The van der Waals surface area contributed by atoms with Crippen molar-refractivity contribution >= 4 is 27.5 Å². The Bertz CT molecular complexity index is 1350. The van der Waals surface area contributed by atoms with Crippen LogP contribution in [0.2, 0.25) is 0 Å². The molecular formula is C29H35N3O6S. The molecule has 0 saturated heterocycles. The zero-order valence-corrected chi connectivity index (χ0v) is 23.5. The van der Waals surface area contributed by atoms with Crippen LogP contribution >= 0.6 is 0 Å². The van der Waals surface area contributed by atoms with Crippen LogP contribution in [0.1, 0.15) is 25.8 Å². The third-order valence-corrected chi connectivity index (χ3v) is 7.99. The summed E-state index contributed by atoms with van der Waals surface area (Å²) < 4.78 is 39.5.